The van der Waals surface area contributed by atoms with Crippen LogP contribution in [0.25, 0.3) is 5.57 Å². The van der Waals surface area contributed by atoms with Gasteiger partial charge in [-0.1, -0.05) is 45.0 Å². The van der Waals surface area contributed by atoms with Crippen molar-refractivity contribution >= 4 is 23.6 Å². The van der Waals surface area contributed by atoms with Crippen LogP contribution >= 0.6 is 0 Å². The number of ketones is 1. The van der Waals surface area contributed by atoms with Gasteiger partial charge in [0.1, 0.15) is 5.75 Å². The zero-order chi connectivity index (χ0) is 23.8. The molecule has 7 heteroatoms. The molecular formula is C25H24F2O5. The molecule has 0 spiro atoms. The maximum absolute atomic E-state index is 15.3. The van der Waals surface area contributed by atoms with Gasteiger partial charge in [-0.15, -0.1) is 0 Å². The topological polar surface area (TPSA) is 69.7 Å². The first-order chi connectivity index (χ1) is 15.0. The Balaban J connectivity index is 2.33. The summed E-state index contributed by atoms with van der Waals surface area (Å²) < 4.78 is 40.2. The Labute approximate surface area is 185 Å². The summed E-state index contributed by atoms with van der Waals surface area (Å²) in [4.78, 5) is 37.1. The Morgan fingerprint density at radius 1 is 1.06 bits per heavy atom. The van der Waals surface area contributed by atoms with Gasteiger partial charge < -0.3 is 9.47 Å². The molecule has 0 saturated heterocycles. The van der Waals surface area contributed by atoms with Crippen molar-refractivity contribution in [1.82, 2.24) is 0 Å². The summed E-state index contributed by atoms with van der Waals surface area (Å²) in [6, 6.07) is 9.71. The highest BCUT2D eigenvalue weighted by atomic mass is 19.3. The average Bonchev–Trinajstić information content (AvgIpc) is 3.05. The summed E-state index contributed by atoms with van der Waals surface area (Å²) in [6.45, 7) is 7.16. The first kappa shape index (κ1) is 23.3. The Bertz CT molecular complexity index is 1120. The standard InChI is InChI=1S/C25H24F2O5/c1-6-32-23(30)25(26,27)21-19(14-7-9-15(10-8-14)24(2,3)4)16-11-12-18(31-5)17(13-28)20(16)22(21)29/h7-13H,6H2,1-5H3. The van der Waals surface area contributed by atoms with Crippen LogP contribution in [-0.2, 0) is 14.9 Å². The highest BCUT2D eigenvalue weighted by Gasteiger charge is 2.53. The second kappa shape index (κ2) is 8.30. The van der Waals surface area contributed by atoms with Crippen molar-refractivity contribution < 1.29 is 32.6 Å². The highest BCUT2D eigenvalue weighted by Crippen LogP contribution is 2.47. The van der Waals surface area contributed by atoms with Crippen molar-refractivity contribution in [3.8, 4) is 5.75 Å². The van der Waals surface area contributed by atoms with Gasteiger partial charge in [0, 0.05) is 11.1 Å². The minimum Gasteiger partial charge on any atom is -0.496 e. The van der Waals surface area contributed by atoms with Crippen LogP contribution in [0.3, 0.4) is 0 Å². The molecule has 0 unspecified atom stereocenters. The first-order valence-electron chi connectivity index (χ1n) is 10.1. The lowest BCUT2D eigenvalue weighted by atomic mass is 9.85. The van der Waals surface area contributed by atoms with E-state index in [0.717, 1.165) is 5.56 Å². The van der Waals surface area contributed by atoms with Crippen molar-refractivity contribution in [2.24, 2.45) is 0 Å². The lowest BCUT2D eigenvalue weighted by Crippen LogP contribution is -2.36. The van der Waals surface area contributed by atoms with E-state index < -0.39 is 23.2 Å². The smallest absolute Gasteiger partial charge is 0.382 e. The van der Waals surface area contributed by atoms with E-state index >= 15 is 8.78 Å². The van der Waals surface area contributed by atoms with E-state index in [9.17, 15) is 14.4 Å². The van der Waals surface area contributed by atoms with Crippen LogP contribution in [0.4, 0.5) is 8.78 Å². The summed E-state index contributed by atoms with van der Waals surface area (Å²) in [6.07, 6.45) is 0.390. The van der Waals surface area contributed by atoms with Gasteiger partial charge in [0.2, 0.25) is 0 Å². The lowest BCUT2D eigenvalue weighted by molar-refractivity contribution is -0.165. The molecule has 0 aromatic heterocycles. The monoisotopic (exact) mass is 442 g/mol. The minimum atomic E-state index is -4.21. The SMILES string of the molecule is CCOC(=O)C(F)(F)C1=C(c2ccc(C(C)(C)C)cc2)c2ccc(OC)c(C=O)c2C1=O. The van der Waals surface area contributed by atoms with E-state index in [1.54, 1.807) is 24.3 Å². The normalized spacial score (nSPS) is 13.8. The maximum atomic E-state index is 15.3. The van der Waals surface area contributed by atoms with Crippen LogP contribution in [0.2, 0.25) is 0 Å². The second-order valence-electron chi connectivity index (χ2n) is 8.42. The van der Waals surface area contributed by atoms with E-state index in [-0.39, 0.29) is 40.0 Å². The number of benzene rings is 2. The number of ether oxygens (including phenoxy) is 2. The number of halogens is 2. The fourth-order valence-electron chi connectivity index (χ4n) is 3.78. The van der Waals surface area contributed by atoms with Gasteiger partial charge >= 0.3 is 11.9 Å². The van der Waals surface area contributed by atoms with E-state index in [1.165, 1.54) is 26.2 Å². The number of fused-ring (bicyclic) bond motifs is 1. The van der Waals surface area contributed by atoms with Gasteiger partial charge in [0.05, 0.1) is 24.9 Å². The molecule has 0 atom stereocenters. The zero-order valence-electron chi connectivity index (χ0n) is 18.5. The Kier molecular flexibility index (Phi) is 6.05. The molecule has 2 aromatic carbocycles. The van der Waals surface area contributed by atoms with Gasteiger partial charge in [-0.3, -0.25) is 9.59 Å². The van der Waals surface area contributed by atoms with E-state index in [0.29, 0.717) is 11.8 Å². The fourth-order valence-corrected chi connectivity index (χ4v) is 3.78. The van der Waals surface area contributed by atoms with Gasteiger partial charge in [0.15, 0.2) is 12.1 Å². The number of alkyl halides is 2. The van der Waals surface area contributed by atoms with Crippen LogP contribution in [-0.4, -0.2) is 37.7 Å². The van der Waals surface area contributed by atoms with Crippen LogP contribution in [0.1, 0.15) is 65.1 Å². The Hall–Kier alpha value is -3.35. The molecule has 1 aliphatic carbocycles. The van der Waals surface area contributed by atoms with Crippen LogP contribution in [0.5, 0.6) is 5.75 Å². The van der Waals surface area contributed by atoms with Crippen LogP contribution in [0.15, 0.2) is 42.0 Å². The van der Waals surface area contributed by atoms with Crippen molar-refractivity contribution in [3.63, 3.8) is 0 Å². The number of carbonyl (C=O) groups is 3. The predicted molar refractivity (Wildman–Crippen MR) is 115 cm³/mol. The highest BCUT2D eigenvalue weighted by molar-refractivity contribution is 6.28. The van der Waals surface area contributed by atoms with Gasteiger partial charge in [-0.05, 0) is 41.2 Å². The van der Waals surface area contributed by atoms with E-state index in [2.05, 4.69) is 4.74 Å². The molecule has 0 amide bonds. The Morgan fingerprint density at radius 3 is 2.19 bits per heavy atom. The summed E-state index contributed by atoms with van der Waals surface area (Å²) in [5.41, 5.74) is -0.215. The third-order valence-corrected chi connectivity index (χ3v) is 5.40. The summed E-state index contributed by atoms with van der Waals surface area (Å²) >= 11 is 0. The van der Waals surface area contributed by atoms with Gasteiger partial charge in [-0.2, -0.15) is 8.78 Å². The van der Waals surface area contributed by atoms with Crippen molar-refractivity contribution in [2.75, 3.05) is 13.7 Å². The summed E-state index contributed by atoms with van der Waals surface area (Å²) in [5.74, 6) is -7.05. The Morgan fingerprint density at radius 2 is 1.69 bits per heavy atom. The molecule has 0 bridgehead atoms. The third-order valence-electron chi connectivity index (χ3n) is 5.40. The maximum Gasteiger partial charge on any atom is 0.382 e. The lowest BCUT2D eigenvalue weighted by Gasteiger charge is -2.20. The number of hydrogen-bond donors (Lipinski definition) is 0. The molecule has 32 heavy (non-hydrogen) atoms. The number of rotatable bonds is 6. The molecule has 0 fully saturated rings. The van der Waals surface area contributed by atoms with Crippen LogP contribution < -0.4 is 4.74 Å². The number of carbonyl (C=O) groups excluding carboxylic acids is 3. The molecule has 0 radical (unpaired) electrons. The zero-order valence-corrected chi connectivity index (χ0v) is 18.5. The average molecular weight is 442 g/mol. The molecule has 5 nitrogen and oxygen atoms in total. The molecule has 0 saturated carbocycles. The van der Waals surface area contributed by atoms with Crippen molar-refractivity contribution in [2.45, 2.75) is 39.0 Å². The molecule has 0 aliphatic heterocycles. The quantitative estimate of drug-likeness (QED) is 0.465. The number of hydrogen-bond acceptors (Lipinski definition) is 5. The van der Waals surface area contributed by atoms with E-state index in [4.69, 9.17) is 4.74 Å². The number of Topliss-reactive ketones (excluding diaryl/α,β-unsaturated/α-hetero) is 1. The molecule has 168 valence electrons. The molecule has 3 rings (SSSR count). The van der Waals surface area contributed by atoms with Gasteiger partial charge in [-0.25, -0.2) is 4.79 Å². The predicted octanol–water partition coefficient (Wildman–Crippen LogP) is 5.00. The largest absolute Gasteiger partial charge is 0.496 e. The fraction of sp³-hybridized carbons (Fsp3) is 0.320. The number of esters is 1. The third kappa shape index (κ3) is 3.72. The number of aldehydes is 1. The molecule has 0 N–H and O–H groups in total. The summed E-state index contributed by atoms with van der Waals surface area (Å²) in [5, 5.41) is 0. The van der Waals surface area contributed by atoms with Crippen LogP contribution in [0, 0.1) is 0 Å². The van der Waals surface area contributed by atoms with Gasteiger partial charge in [0.25, 0.3) is 0 Å². The van der Waals surface area contributed by atoms with Crippen molar-refractivity contribution in [3.05, 3.63) is 69.8 Å². The molecular weight excluding hydrogens is 418 g/mol. The molecule has 2 aromatic rings. The van der Waals surface area contributed by atoms with Crippen molar-refractivity contribution in [1.29, 1.82) is 0 Å². The summed E-state index contributed by atoms with van der Waals surface area (Å²) in [7, 11) is 1.31. The van der Waals surface area contributed by atoms with E-state index in [1.807, 2.05) is 20.8 Å². The second-order valence-corrected chi connectivity index (χ2v) is 8.42. The molecule has 1 aliphatic rings. The first-order valence-corrected chi connectivity index (χ1v) is 10.1. The minimum absolute atomic E-state index is 0.0789. The molecule has 0 heterocycles. The number of methoxy groups -OCH3 is 1.